The number of benzene rings is 3. The van der Waals surface area contributed by atoms with Crippen LogP contribution in [0.1, 0.15) is 11.1 Å². The number of carbonyl (C=O) groups is 2. The molecule has 0 radical (unpaired) electrons. The van der Waals surface area contributed by atoms with Crippen LogP contribution in [0.5, 0.6) is 5.75 Å². The first-order valence-electron chi connectivity index (χ1n) is 10.9. The van der Waals surface area contributed by atoms with E-state index < -0.39 is 0 Å². The Hall–Kier alpha value is -3.00. The standard InChI is InChI=1S/C27H20BrClN2O3S/c28-20-11-9-18(10-12-20)16-30-17-19(21-5-1-3-7-23(21)30)15-25-26(32)31(27(33)35-25)13-14-34-24-8-4-2-6-22(24)29/h1-12,15,17H,13-14,16H2/b25-15-. The molecule has 1 aliphatic heterocycles. The SMILES string of the molecule is O=C1S/C(=C\c2cn(Cc3ccc(Br)cc3)c3ccccc23)C(=O)N1CCOc1ccccc1Cl. The number of fused-ring (bicyclic) bond motifs is 1. The third-order valence-electron chi connectivity index (χ3n) is 5.65. The fourth-order valence-corrected chi connectivity index (χ4v) is 5.26. The average molecular weight is 568 g/mol. The first kappa shape index (κ1) is 23.7. The average Bonchev–Trinajstić information content (AvgIpc) is 3.33. The van der Waals surface area contributed by atoms with Crippen LogP contribution in [0.4, 0.5) is 4.79 Å². The summed E-state index contributed by atoms with van der Waals surface area (Å²) >= 11 is 10.5. The van der Waals surface area contributed by atoms with Gasteiger partial charge in [0.2, 0.25) is 0 Å². The molecule has 0 saturated carbocycles. The predicted octanol–water partition coefficient (Wildman–Crippen LogP) is 7.22. The second kappa shape index (κ2) is 10.3. The summed E-state index contributed by atoms with van der Waals surface area (Å²) < 4.78 is 8.85. The predicted molar refractivity (Wildman–Crippen MR) is 145 cm³/mol. The molecule has 0 N–H and O–H groups in total. The summed E-state index contributed by atoms with van der Waals surface area (Å²) in [5, 5.41) is 1.21. The molecule has 0 unspecified atom stereocenters. The number of halogens is 2. The Morgan fingerprint density at radius 1 is 0.971 bits per heavy atom. The van der Waals surface area contributed by atoms with Crippen molar-refractivity contribution in [2.24, 2.45) is 0 Å². The van der Waals surface area contributed by atoms with Gasteiger partial charge in [0.1, 0.15) is 12.4 Å². The summed E-state index contributed by atoms with van der Waals surface area (Å²) in [5.41, 5.74) is 3.13. The molecule has 35 heavy (non-hydrogen) atoms. The van der Waals surface area contributed by atoms with Crippen molar-refractivity contribution >= 4 is 67.4 Å². The maximum Gasteiger partial charge on any atom is 0.293 e. The number of thioether (sulfide) groups is 1. The van der Waals surface area contributed by atoms with Crippen molar-refractivity contribution < 1.29 is 14.3 Å². The lowest BCUT2D eigenvalue weighted by atomic mass is 10.1. The number of amides is 2. The maximum absolute atomic E-state index is 13.0. The van der Waals surface area contributed by atoms with Crippen molar-refractivity contribution in [3.63, 3.8) is 0 Å². The minimum atomic E-state index is -0.313. The van der Waals surface area contributed by atoms with Gasteiger partial charge in [-0.2, -0.15) is 0 Å². The molecule has 1 aromatic heterocycles. The fraction of sp³-hybridized carbons (Fsp3) is 0.111. The molecule has 4 aromatic rings. The third-order valence-corrected chi connectivity index (χ3v) is 7.40. The number of rotatable bonds is 7. The molecule has 1 saturated heterocycles. The Morgan fingerprint density at radius 2 is 1.71 bits per heavy atom. The van der Waals surface area contributed by atoms with Crippen molar-refractivity contribution in [2.45, 2.75) is 6.54 Å². The summed E-state index contributed by atoms with van der Waals surface area (Å²) in [4.78, 5) is 27.2. The van der Waals surface area contributed by atoms with Gasteiger partial charge in [0.15, 0.2) is 0 Å². The summed E-state index contributed by atoms with van der Waals surface area (Å²) in [6.07, 6.45) is 3.83. The molecule has 0 bridgehead atoms. The lowest BCUT2D eigenvalue weighted by Crippen LogP contribution is -2.32. The molecule has 176 valence electrons. The number of hydrogen-bond acceptors (Lipinski definition) is 4. The quantitative estimate of drug-likeness (QED) is 0.221. The number of para-hydroxylation sites is 2. The Labute approximate surface area is 220 Å². The van der Waals surface area contributed by atoms with Gasteiger partial charge in [-0.25, -0.2) is 0 Å². The van der Waals surface area contributed by atoms with E-state index in [9.17, 15) is 9.59 Å². The van der Waals surface area contributed by atoms with E-state index in [-0.39, 0.29) is 24.3 Å². The molecule has 5 nitrogen and oxygen atoms in total. The number of nitrogens with zero attached hydrogens (tertiary/aromatic N) is 2. The second-order valence-corrected chi connectivity index (χ2v) is 10.3. The van der Waals surface area contributed by atoms with Crippen LogP contribution in [0.25, 0.3) is 17.0 Å². The highest BCUT2D eigenvalue weighted by molar-refractivity contribution is 9.10. The van der Waals surface area contributed by atoms with E-state index in [4.69, 9.17) is 16.3 Å². The minimum Gasteiger partial charge on any atom is -0.490 e. The zero-order valence-electron chi connectivity index (χ0n) is 18.5. The van der Waals surface area contributed by atoms with Gasteiger partial charge in [0.25, 0.3) is 11.1 Å². The molecule has 1 fully saturated rings. The molecule has 8 heteroatoms. The number of hydrogen-bond donors (Lipinski definition) is 0. The number of imide groups is 1. The fourth-order valence-electron chi connectivity index (χ4n) is 3.95. The van der Waals surface area contributed by atoms with Crippen molar-refractivity contribution in [1.82, 2.24) is 9.47 Å². The summed E-state index contributed by atoms with van der Waals surface area (Å²) in [6.45, 7) is 1.02. The second-order valence-electron chi connectivity index (χ2n) is 7.97. The number of carbonyl (C=O) groups excluding carboxylic acids is 2. The lowest BCUT2D eigenvalue weighted by Gasteiger charge is -2.13. The number of aromatic nitrogens is 1. The molecule has 0 atom stereocenters. The van der Waals surface area contributed by atoms with Gasteiger partial charge >= 0.3 is 0 Å². The van der Waals surface area contributed by atoms with Crippen LogP contribution in [-0.2, 0) is 11.3 Å². The highest BCUT2D eigenvalue weighted by Crippen LogP contribution is 2.34. The van der Waals surface area contributed by atoms with Crippen LogP contribution in [-0.4, -0.2) is 33.8 Å². The highest BCUT2D eigenvalue weighted by Gasteiger charge is 2.35. The van der Waals surface area contributed by atoms with E-state index >= 15 is 0 Å². The number of ether oxygens (including phenoxy) is 1. The summed E-state index contributed by atoms with van der Waals surface area (Å²) in [6, 6.07) is 23.4. The Kier molecular flexibility index (Phi) is 7.00. The Balaban J connectivity index is 1.35. The zero-order chi connectivity index (χ0) is 24.4. The molecule has 5 rings (SSSR count). The van der Waals surface area contributed by atoms with Crippen LogP contribution >= 0.6 is 39.3 Å². The van der Waals surface area contributed by atoms with E-state index in [0.717, 1.165) is 32.7 Å². The first-order valence-corrected chi connectivity index (χ1v) is 12.9. The maximum atomic E-state index is 13.0. The largest absolute Gasteiger partial charge is 0.490 e. The van der Waals surface area contributed by atoms with Gasteiger partial charge in [-0.3, -0.25) is 14.5 Å². The normalized spacial score (nSPS) is 14.9. The van der Waals surface area contributed by atoms with E-state index in [1.165, 1.54) is 10.5 Å². The van der Waals surface area contributed by atoms with Crippen LogP contribution in [0, 0.1) is 0 Å². The van der Waals surface area contributed by atoms with E-state index in [0.29, 0.717) is 22.2 Å². The van der Waals surface area contributed by atoms with E-state index in [1.807, 2.05) is 48.7 Å². The highest BCUT2D eigenvalue weighted by atomic mass is 79.9. The van der Waals surface area contributed by atoms with Crippen LogP contribution < -0.4 is 4.74 Å². The molecular formula is C27H20BrClN2O3S. The van der Waals surface area contributed by atoms with Gasteiger partial charge < -0.3 is 9.30 Å². The Bertz CT molecular complexity index is 1450. The van der Waals surface area contributed by atoms with Gasteiger partial charge in [0.05, 0.1) is 16.5 Å². The monoisotopic (exact) mass is 566 g/mol. The van der Waals surface area contributed by atoms with Crippen LogP contribution in [0.2, 0.25) is 5.02 Å². The third kappa shape index (κ3) is 5.17. The molecule has 0 aliphatic carbocycles. The first-order chi connectivity index (χ1) is 17.0. The van der Waals surface area contributed by atoms with Crippen molar-refractivity contribution in [3.05, 3.63) is 105 Å². The van der Waals surface area contributed by atoms with Crippen molar-refractivity contribution in [2.75, 3.05) is 13.2 Å². The Morgan fingerprint density at radius 3 is 2.51 bits per heavy atom. The van der Waals surface area contributed by atoms with E-state index in [2.05, 4.69) is 38.7 Å². The minimum absolute atomic E-state index is 0.151. The topological polar surface area (TPSA) is 51.5 Å². The van der Waals surface area contributed by atoms with E-state index in [1.54, 1.807) is 18.2 Å². The summed E-state index contributed by atoms with van der Waals surface area (Å²) in [5.74, 6) is 0.211. The molecule has 2 heterocycles. The van der Waals surface area contributed by atoms with Crippen LogP contribution in [0.15, 0.2) is 88.4 Å². The lowest BCUT2D eigenvalue weighted by molar-refractivity contribution is -0.123. The molecule has 1 aliphatic rings. The van der Waals surface area contributed by atoms with Crippen molar-refractivity contribution in [3.8, 4) is 5.75 Å². The smallest absolute Gasteiger partial charge is 0.293 e. The van der Waals surface area contributed by atoms with Crippen LogP contribution in [0.3, 0.4) is 0 Å². The molecular weight excluding hydrogens is 548 g/mol. The molecule has 3 aromatic carbocycles. The molecule has 2 amide bonds. The van der Waals surface area contributed by atoms with Gasteiger partial charge in [-0.1, -0.05) is 70.0 Å². The van der Waals surface area contributed by atoms with Gasteiger partial charge in [-0.15, -0.1) is 0 Å². The van der Waals surface area contributed by atoms with Crippen molar-refractivity contribution in [1.29, 1.82) is 0 Å². The molecule has 0 spiro atoms. The van der Waals surface area contributed by atoms with Gasteiger partial charge in [-0.05, 0) is 53.7 Å². The summed E-state index contributed by atoms with van der Waals surface area (Å²) in [7, 11) is 0. The van der Waals surface area contributed by atoms with Gasteiger partial charge in [0, 0.05) is 33.7 Å². The zero-order valence-corrected chi connectivity index (χ0v) is 21.6.